The molecule has 17 heavy (non-hydrogen) atoms. The molecule has 4 atom stereocenters. The highest BCUT2D eigenvalue weighted by atomic mass is 32.1. The van der Waals surface area contributed by atoms with Crippen LogP contribution in [0.15, 0.2) is 0 Å². The van der Waals surface area contributed by atoms with Crippen LogP contribution in [0.4, 0.5) is 0 Å². The molecule has 0 spiro atoms. The Morgan fingerprint density at radius 1 is 1.29 bits per heavy atom. The minimum absolute atomic E-state index is 0.108. The molecule has 0 saturated carbocycles. The monoisotopic (exact) mass is 258 g/mol. The van der Waals surface area contributed by atoms with Gasteiger partial charge in [-0.2, -0.15) is 0 Å². The van der Waals surface area contributed by atoms with Crippen molar-refractivity contribution in [3.05, 3.63) is 0 Å². The van der Waals surface area contributed by atoms with Crippen LogP contribution in [0.1, 0.15) is 32.6 Å². The third-order valence-corrected chi connectivity index (χ3v) is 4.18. The van der Waals surface area contributed by atoms with Crippen LogP contribution < -0.4 is 0 Å². The largest absolute Gasteiger partial charge is 0.465 e. The summed E-state index contributed by atoms with van der Waals surface area (Å²) in [5.74, 6) is 0.750. The maximum atomic E-state index is 11.4. The Morgan fingerprint density at radius 3 is 2.65 bits per heavy atom. The van der Waals surface area contributed by atoms with Gasteiger partial charge < -0.3 is 9.47 Å². The van der Waals surface area contributed by atoms with Gasteiger partial charge in [0.1, 0.15) is 5.44 Å². The molecular formula is C12H18O4S. The zero-order valence-corrected chi connectivity index (χ0v) is 10.8. The van der Waals surface area contributed by atoms with Crippen LogP contribution in [0.5, 0.6) is 0 Å². The number of hydrogen-bond donors (Lipinski definition) is 1. The second-order valence-electron chi connectivity index (χ2n) is 4.99. The molecule has 2 fully saturated rings. The van der Waals surface area contributed by atoms with Gasteiger partial charge in [-0.05, 0) is 30.6 Å². The minimum atomic E-state index is -0.283. The van der Waals surface area contributed by atoms with Crippen molar-refractivity contribution >= 4 is 24.6 Å². The standard InChI is InChI=1S/C12H18O4S/c1-7(8-2-3-10(13)15-6-8)9-4-11(14)16-12(17)5-9/h7-9,12,17H,2-6H2,1H3. The second kappa shape index (κ2) is 5.29. The normalized spacial score (nSPS) is 36.0. The van der Waals surface area contributed by atoms with E-state index in [2.05, 4.69) is 19.6 Å². The van der Waals surface area contributed by atoms with E-state index in [0.29, 0.717) is 37.2 Å². The molecule has 0 radical (unpaired) electrons. The Balaban J connectivity index is 1.92. The molecule has 2 aliphatic heterocycles. The van der Waals surface area contributed by atoms with Crippen LogP contribution in [0.3, 0.4) is 0 Å². The fraction of sp³-hybridized carbons (Fsp3) is 0.833. The van der Waals surface area contributed by atoms with E-state index in [1.54, 1.807) is 0 Å². The number of thiol groups is 1. The van der Waals surface area contributed by atoms with E-state index >= 15 is 0 Å². The number of ether oxygens (including phenoxy) is 2. The summed E-state index contributed by atoms with van der Waals surface area (Å²) in [6.07, 6.45) is 2.61. The molecule has 0 aliphatic carbocycles. The minimum Gasteiger partial charge on any atom is -0.465 e. The molecule has 0 amide bonds. The fourth-order valence-electron chi connectivity index (χ4n) is 2.66. The van der Waals surface area contributed by atoms with Gasteiger partial charge in [-0.1, -0.05) is 6.92 Å². The number of carbonyl (C=O) groups excluding carboxylic acids is 2. The predicted molar refractivity (Wildman–Crippen MR) is 64.4 cm³/mol. The van der Waals surface area contributed by atoms with Crippen LogP contribution in [0, 0.1) is 17.8 Å². The van der Waals surface area contributed by atoms with Gasteiger partial charge in [-0.25, -0.2) is 0 Å². The molecule has 4 unspecified atom stereocenters. The van der Waals surface area contributed by atoms with E-state index in [1.807, 2.05) is 0 Å². The first-order valence-corrected chi connectivity index (χ1v) is 6.61. The first-order chi connectivity index (χ1) is 8.06. The highest BCUT2D eigenvalue weighted by Gasteiger charge is 2.35. The number of cyclic esters (lactones) is 2. The Hall–Kier alpha value is -0.710. The molecule has 5 heteroatoms. The molecule has 0 aromatic carbocycles. The van der Waals surface area contributed by atoms with Gasteiger partial charge in [-0.15, -0.1) is 12.6 Å². The molecule has 2 saturated heterocycles. The van der Waals surface area contributed by atoms with Crippen LogP contribution in [0.25, 0.3) is 0 Å². The molecule has 96 valence electrons. The lowest BCUT2D eigenvalue weighted by Crippen LogP contribution is -2.36. The quantitative estimate of drug-likeness (QED) is 0.606. The molecule has 0 aromatic heterocycles. The molecule has 0 aromatic rings. The Bertz CT molecular complexity index is 308. The van der Waals surface area contributed by atoms with Gasteiger partial charge in [-0.3, -0.25) is 9.59 Å². The molecule has 0 bridgehead atoms. The van der Waals surface area contributed by atoms with Gasteiger partial charge in [0.15, 0.2) is 0 Å². The third kappa shape index (κ3) is 3.15. The maximum absolute atomic E-state index is 11.4. The van der Waals surface area contributed by atoms with E-state index in [-0.39, 0.29) is 17.4 Å². The average molecular weight is 258 g/mol. The van der Waals surface area contributed by atoms with Gasteiger partial charge in [0.25, 0.3) is 0 Å². The zero-order chi connectivity index (χ0) is 12.4. The predicted octanol–water partition coefficient (Wildman–Crippen LogP) is 1.78. The fourth-order valence-corrected chi connectivity index (χ4v) is 3.05. The van der Waals surface area contributed by atoms with Crippen molar-refractivity contribution in [3.8, 4) is 0 Å². The van der Waals surface area contributed by atoms with Crippen LogP contribution >= 0.6 is 12.6 Å². The summed E-state index contributed by atoms with van der Waals surface area (Å²) in [6.45, 7) is 2.62. The van der Waals surface area contributed by atoms with E-state index in [9.17, 15) is 9.59 Å². The first kappa shape index (κ1) is 12.7. The number of hydrogen-bond acceptors (Lipinski definition) is 5. The van der Waals surface area contributed by atoms with Gasteiger partial charge in [0.05, 0.1) is 6.61 Å². The molecular weight excluding hydrogens is 240 g/mol. The van der Waals surface area contributed by atoms with Crippen molar-refractivity contribution in [3.63, 3.8) is 0 Å². The summed E-state index contributed by atoms with van der Waals surface area (Å²) < 4.78 is 10.1. The highest BCUT2D eigenvalue weighted by Crippen LogP contribution is 2.36. The highest BCUT2D eigenvalue weighted by molar-refractivity contribution is 7.80. The van der Waals surface area contributed by atoms with E-state index in [0.717, 1.165) is 12.8 Å². The Labute approximate surface area is 106 Å². The molecule has 2 aliphatic rings. The van der Waals surface area contributed by atoms with E-state index < -0.39 is 0 Å². The van der Waals surface area contributed by atoms with E-state index in [4.69, 9.17) is 9.47 Å². The zero-order valence-electron chi connectivity index (χ0n) is 9.93. The molecule has 0 N–H and O–H groups in total. The smallest absolute Gasteiger partial charge is 0.307 e. The molecule has 4 nitrogen and oxygen atoms in total. The number of esters is 2. The summed E-state index contributed by atoms with van der Waals surface area (Å²) in [5, 5.41) is 0. The van der Waals surface area contributed by atoms with Crippen LogP contribution in [0.2, 0.25) is 0 Å². The summed E-state index contributed by atoms with van der Waals surface area (Å²) in [5.41, 5.74) is -0.283. The van der Waals surface area contributed by atoms with Crippen molar-refractivity contribution in [2.45, 2.75) is 38.0 Å². The van der Waals surface area contributed by atoms with Crippen molar-refractivity contribution in [2.75, 3.05) is 6.61 Å². The van der Waals surface area contributed by atoms with Gasteiger partial charge in [0, 0.05) is 12.8 Å². The Kier molecular flexibility index (Phi) is 3.97. The SMILES string of the molecule is CC(C1CCC(=O)OC1)C1CC(=O)OC(S)C1. The second-order valence-corrected chi connectivity index (χ2v) is 5.56. The van der Waals surface area contributed by atoms with Crippen molar-refractivity contribution in [1.82, 2.24) is 0 Å². The van der Waals surface area contributed by atoms with Crippen LogP contribution in [-0.2, 0) is 19.1 Å². The topological polar surface area (TPSA) is 52.6 Å². The number of carbonyl (C=O) groups is 2. The van der Waals surface area contributed by atoms with Crippen molar-refractivity contribution < 1.29 is 19.1 Å². The lowest BCUT2D eigenvalue weighted by atomic mass is 9.76. The summed E-state index contributed by atoms with van der Waals surface area (Å²) in [6, 6.07) is 0. The first-order valence-electron chi connectivity index (χ1n) is 6.09. The average Bonchev–Trinajstić information content (AvgIpc) is 2.28. The van der Waals surface area contributed by atoms with Gasteiger partial charge in [0.2, 0.25) is 0 Å². The summed E-state index contributed by atoms with van der Waals surface area (Å²) in [7, 11) is 0. The summed E-state index contributed by atoms with van der Waals surface area (Å²) in [4.78, 5) is 22.4. The Morgan fingerprint density at radius 2 is 2.06 bits per heavy atom. The molecule has 2 rings (SSSR count). The lowest BCUT2D eigenvalue weighted by Gasteiger charge is -2.35. The van der Waals surface area contributed by atoms with Crippen molar-refractivity contribution in [1.29, 1.82) is 0 Å². The van der Waals surface area contributed by atoms with Crippen LogP contribution in [-0.4, -0.2) is 24.0 Å². The maximum Gasteiger partial charge on any atom is 0.307 e. The third-order valence-electron chi connectivity index (χ3n) is 3.87. The molecule has 2 heterocycles. The van der Waals surface area contributed by atoms with Gasteiger partial charge >= 0.3 is 11.9 Å². The van der Waals surface area contributed by atoms with E-state index in [1.165, 1.54) is 0 Å². The van der Waals surface area contributed by atoms with Crippen molar-refractivity contribution in [2.24, 2.45) is 17.8 Å². The summed E-state index contributed by atoms with van der Waals surface area (Å²) >= 11 is 4.22. The number of rotatable bonds is 2. The lowest BCUT2D eigenvalue weighted by molar-refractivity contribution is -0.156.